The Hall–Kier alpha value is -0.390. The molecule has 42 valence electrons. The minimum Gasteiger partial charge on any atom is -0.268 e. The largest absolute Gasteiger partial charge is 0.292 e. The lowest BCUT2D eigenvalue weighted by Gasteiger charge is -1.85. The molecule has 0 bridgehead atoms. The van der Waals surface area contributed by atoms with Gasteiger partial charge in [-0.15, -0.1) is 0 Å². The van der Waals surface area contributed by atoms with Gasteiger partial charge in [0.15, 0.2) is 0 Å². The standard InChI is InChI=1S/C4H3IN2O/c5-4(8)7-2-1-6-3-7/h1-3H. The zero-order valence-corrected chi connectivity index (χ0v) is 6.07. The number of carbonyl (C=O) groups is 1. The van der Waals surface area contributed by atoms with E-state index in [1.807, 2.05) is 0 Å². The van der Waals surface area contributed by atoms with Crippen LogP contribution in [-0.2, 0) is 0 Å². The van der Waals surface area contributed by atoms with E-state index in [4.69, 9.17) is 0 Å². The fraction of sp³-hybridized carbons (Fsp3) is 0. The van der Waals surface area contributed by atoms with E-state index >= 15 is 0 Å². The van der Waals surface area contributed by atoms with E-state index in [-0.39, 0.29) is 3.91 Å². The molecule has 0 aliphatic carbocycles. The molecule has 1 rings (SSSR count). The molecule has 0 aliphatic rings. The number of imidazole rings is 1. The SMILES string of the molecule is O=C(I)n1ccnc1. The highest BCUT2D eigenvalue weighted by Crippen LogP contribution is 1.93. The van der Waals surface area contributed by atoms with Gasteiger partial charge in [-0.05, 0) is 0 Å². The van der Waals surface area contributed by atoms with E-state index < -0.39 is 0 Å². The summed E-state index contributed by atoms with van der Waals surface area (Å²) in [6.45, 7) is 0. The lowest BCUT2D eigenvalue weighted by molar-refractivity contribution is 0.264. The number of hydrogen-bond donors (Lipinski definition) is 0. The van der Waals surface area contributed by atoms with Crippen molar-refractivity contribution in [2.75, 3.05) is 0 Å². The topological polar surface area (TPSA) is 34.9 Å². The van der Waals surface area contributed by atoms with Gasteiger partial charge in [0.2, 0.25) is 0 Å². The molecule has 0 fully saturated rings. The van der Waals surface area contributed by atoms with Crippen molar-refractivity contribution in [2.24, 2.45) is 0 Å². The number of hydrogen-bond acceptors (Lipinski definition) is 2. The van der Waals surface area contributed by atoms with Crippen LogP contribution in [0.15, 0.2) is 18.7 Å². The molecule has 1 heterocycles. The molecular formula is C4H3IN2O. The zero-order chi connectivity index (χ0) is 5.98. The van der Waals surface area contributed by atoms with Crippen molar-refractivity contribution >= 4 is 26.5 Å². The summed E-state index contributed by atoms with van der Waals surface area (Å²) < 4.78 is 1.36. The Bertz CT molecular complexity index is 182. The van der Waals surface area contributed by atoms with Gasteiger partial charge < -0.3 is 0 Å². The minimum absolute atomic E-state index is 0.0416. The molecule has 1 aromatic heterocycles. The van der Waals surface area contributed by atoms with Gasteiger partial charge in [0.25, 0.3) is 3.91 Å². The number of halogens is 1. The molecule has 0 spiro atoms. The van der Waals surface area contributed by atoms with E-state index in [2.05, 4.69) is 4.98 Å². The van der Waals surface area contributed by atoms with E-state index in [1.54, 1.807) is 35.0 Å². The summed E-state index contributed by atoms with van der Waals surface area (Å²) >= 11 is 1.69. The van der Waals surface area contributed by atoms with Crippen LogP contribution in [0.2, 0.25) is 0 Å². The van der Waals surface area contributed by atoms with E-state index in [0.717, 1.165) is 0 Å². The zero-order valence-electron chi connectivity index (χ0n) is 3.91. The first kappa shape index (κ1) is 5.74. The van der Waals surface area contributed by atoms with Crippen LogP contribution in [0.5, 0.6) is 0 Å². The highest BCUT2D eigenvalue weighted by atomic mass is 127. The second-order valence-corrected chi connectivity index (χ2v) is 2.15. The second-order valence-electron chi connectivity index (χ2n) is 1.22. The molecule has 0 atom stereocenters. The molecule has 0 unspecified atom stereocenters. The highest BCUT2D eigenvalue weighted by molar-refractivity contribution is 14.1. The van der Waals surface area contributed by atoms with E-state index in [0.29, 0.717) is 0 Å². The monoisotopic (exact) mass is 222 g/mol. The van der Waals surface area contributed by atoms with E-state index in [1.165, 1.54) is 10.9 Å². The summed E-state index contributed by atoms with van der Waals surface area (Å²) in [6, 6.07) is 0. The second kappa shape index (κ2) is 2.25. The van der Waals surface area contributed by atoms with Crippen molar-refractivity contribution < 1.29 is 4.79 Å². The Morgan fingerprint density at radius 1 is 1.75 bits per heavy atom. The van der Waals surface area contributed by atoms with Crippen LogP contribution in [-0.4, -0.2) is 13.5 Å². The third-order valence-electron chi connectivity index (χ3n) is 0.707. The van der Waals surface area contributed by atoms with Crippen molar-refractivity contribution in [3.8, 4) is 0 Å². The molecule has 0 saturated carbocycles. The first-order valence-corrected chi connectivity index (χ1v) is 3.06. The molecule has 0 radical (unpaired) electrons. The summed E-state index contributed by atoms with van der Waals surface area (Å²) in [4.78, 5) is 14.1. The van der Waals surface area contributed by atoms with Crippen LogP contribution in [0.4, 0.5) is 4.79 Å². The van der Waals surface area contributed by atoms with Crippen molar-refractivity contribution in [3.63, 3.8) is 0 Å². The Labute approximate surface area is 59.9 Å². The number of aromatic nitrogens is 2. The third-order valence-corrected chi connectivity index (χ3v) is 1.26. The van der Waals surface area contributed by atoms with Gasteiger partial charge in [0, 0.05) is 35.0 Å². The van der Waals surface area contributed by atoms with Gasteiger partial charge in [-0.3, -0.25) is 9.36 Å². The predicted molar refractivity (Wildman–Crippen MR) is 37.0 cm³/mol. The summed E-state index contributed by atoms with van der Waals surface area (Å²) in [5.41, 5.74) is 0. The maximum atomic E-state index is 10.4. The lowest BCUT2D eigenvalue weighted by Crippen LogP contribution is -1.95. The van der Waals surface area contributed by atoms with Gasteiger partial charge in [0.1, 0.15) is 6.33 Å². The molecule has 1 aromatic rings. The van der Waals surface area contributed by atoms with Crippen molar-refractivity contribution in [3.05, 3.63) is 18.7 Å². The molecule has 0 saturated heterocycles. The average molecular weight is 222 g/mol. The third kappa shape index (κ3) is 1.06. The smallest absolute Gasteiger partial charge is 0.268 e. The normalized spacial score (nSPS) is 9.12. The van der Waals surface area contributed by atoms with Gasteiger partial charge in [-0.2, -0.15) is 0 Å². The van der Waals surface area contributed by atoms with Crippen LogP contribution in [0.25, 0.3) is 0 Å². The molecule has 3 nitrogen and oxygen atoms in total. The maximum absolute atomic E-state index is 10.4. The van der Waals surface area contributed by atoms with Gasteiger partial charge in [-0.1, -0.05) is 0 Å². The molecule has 8 heavy (non-hydrogen) atoms. The van der Waals surface area contributed by atoms with Crippen LogP contribution < -0.4 is 0 Å². The molecule has 0 aromatic carbocycles. The van der Waals surface area contributed by atoms with Crippen LogP contribution in [0.3, 0.4) is 0 Å². The Kier molecular flexibility index (Phi) is 1.62. The Morgan fingerprint density at radius 2 is 2.50 bits per heavy atom. The van der Waals surface area contributed by atoms with Crippen LogP contribution in [0, 0.1) is 0 Å². The molecule has 0 amide bonds. The molecule has 4 heteroatoms. The highest BCUT2D eigenvalue weighted by Gasteiger charge is 1.92. The van der Waals surface area contributed by atoms with Crippen molar-refractivity contribution in [2.45, 2.75) is 0 Å². The molecule has 0 aliphatic heterocycles. The first-order valence-electron chi connectivity index (χ1n) is 1.98. The predicted octanol–water partition coefficient (Wildman–Crippen LogP) is 1.29. The van der Waals surface area contributed by atoms with Gasteiger partial charge in [-0.25, -0.2) is 4.98 Å². The fourth-order valence-corrected chi connectivity index (χ4v) is 0.648. The summed E-state index contributed by atoms with van der Waals surface area (Å²) in [5, 5.41) is 0. The lowest BCUT2D eigenvalue weighted by atomic mass is 10.9. The number of nitrogens with zero attached hydrogens (tertiary/aromatic N) is 2. The fourth-order valence-electron chi connectivity index (χ4n) is 0.363. The molecule has 0 N–H and O–H groups in total. The molecular weight excluding hydrogens is 219 g/mol. The first-order chi connectivity index (χ1) is 3.80. The van der Waals surface area contributed by atoms with E-state index in [9.17, 15) is 4.79 Å². The number of rotatable bonds is 0. The Morgan fingerprint density at radius 3 is 2.75 bits per heavy atom. The Balaban J connectivity index is 2.93. The number of carbonyl (C=O) groups excluding carboxylic acids is 1. The van der Waals surface area contributed by atoms with Crippen LogP contribution >= 0.6 is 22.6 Å². The average Bonchev–Trinajstić information content (AvgIpc) is 2.12. The quantitative estimate of drug-likeness (QED) is 0.489. The van der Waals surface area contributed by atoms with Crippen LogP contribution in [0.1, 0.15) is 0 Å². The van der Waals surface area contributed by atoms with Crippen molar-refractivity contribution in [1.29, 1.82) is 0 Å². The van der Waals surface area contributed by atoms with Gasteiger partial charge >= 0.3 is 0 Å². The van der Waals surface area contributed by atoms with Crippen molar-refractivity contribution in [1.82, 2.24) is 9.55 Å². The minimum atomic E-state index is -0.0416. The summed E-state index contributed by atoms with van der Waals surface area (Å²) in [7, 11) is 0. The maximum Gasteiger partial charge on any atom is 0.292 e. The summed E-state index contributed by atoms with van der Waals surface area (Å²) in [5.74, 6) is 0. The van der Waals surface area contributed by atoms with Gasteiger partial charge in [0.05, 0.1) is 0 Å². The summed E-state index contributed by atoms with van der Waals surface area (Å²) in [6.07, 6.45) is 4.64.